The molecule has 6 nitrogen and oxygen atoms in total. The summed E-state index contributed by atoms with van der Waals surface area (Å²) in [6.45, 7) is 9.00. The van der Waals surface area contributed by atoms with Gasteiger partial charge < -0.3 is 10.3 Å². The van der Waals surface area contributed by atoms with Crippen molar-refractivity contribution in [1.82, 2.24) is 19.9 Å². The molecule has 0 radical (unpaired) electrons. The highest BCUT2D eigenvalue weighted by Gasteiger charge is 2.36. The van der Waals surface area contributed by atoms with Crippen LogP contribution in [0.2, 0.25) is 0 Å². The number of aliphatic imine (C=N–C) groups is 1. The summed E-state index contributed by atoms with van der Waals surface area (Å²) in [5, 5.41) is 4.54. The Bertz CT molecular complexity index is 1140. The third-order valence-electron chi connectivity index (χ3n) is 7.56. The van der Waals surface area contributed by atoms with Gasteiger partial charge >= 0.3 is 0 Å². The molecule has 3 aromatic heterocycles. The second kappa shape index (κ2) is 7.74. The molecule has 6 heteroatoms. The number of aromatic nitrogens is 4. The zero-order valence-corrected chi connectivity index (χ0v) is 19.0. The molecule has 1 aliphatic heterocycles. The van der Waals surface area contributed by atoms with E-state index >= 15 is 0 Å². The lowest BCUT2D eigenvalue weighted by atomic mass is 9.70. The topological polar surface area (TPSA) is 78.8 Å². The lowest BCUT2D eigenvalue weighted by Gasteiger charge is -2.37. The standard InChI is InChI=1S/C25H32N6/c1-15(2)25(4)11-17-10-18(12-26-22(17)29-16(25)3)20-13-27-23-21(20)14-28-24(31-23)30-19-8-6-5-7-9-19/h10,12-15,19H,5-9,11H2,1-4H3,(H2,27,28,30,31)/t25-/m0/s1. The number of nitrogens with one attached hydrogen (secondary N) is 2. The van der Waals surface area contributed by atoms with Crippen molar-refractivity contribution in [3.63, 3.8) is 0 Å². The molecule has 2 N–H and O–H groups in total. The van der Waals surface area contributed by atoms with Crippen molar-refractivity contribution in [3.05, 3.63) is 30.2 Å². The third kappa shape index (κ3) is 3.62. The van der Waals surface area contributed by atoms with E-state index in [-0.39, 0.29) is 5.41 Å². The Morgan fingerprint density at radius 2 is 1.94 bits per heavy atom. The number of H-pyrrole nitrogens is 1. The first kappa shape index (κ1) is 20.2. The fourth-order valence-corrected chi connectivity index (χ4v) is 4.96. The molecule has 1 saturated carbocycles. The molecule has 2 aliphatic rings. The number of pyridine rings is 1. The Hall–Kier alpha value is -2.76. The summed E-state index contributed by atoms with van der Waals surface area (Å²) in [6.07, 6.45) is 13.2. The summed E-state index contributed by atoms with van der Waals surface area (Å²) in [5.74, 6) is 2.09. The zero-order chi connectivity index (χ0) is 21.6. The van der Waals surface area contributed by atoms with Gasteiger partial charge in [0.15, 0.2) is 5.82 Å². The van der Waals surface area contributed by atoms with Crippen molar-refractivity contribution in [2.45, 2.75) is 72.3 Å². The second-order valence-corrected chi connectivity index (χ2v) is 9.79. The van der Waals surface area contributed by atoms with Crippen LogP contribution in [0.3, 0.4) is 0 Å². The number of hydrogen-bond donors (Lipinski definition) is 2. The maximum Gasteiger partial charge on any atom is 0.224 e. The molecule has 1 aliphatic carbocycles. The van der Waals surface area contributed by atoms with Crippen molar-refractivity contribution in [2.24, 2.45) is 16.3 Å². The van der Waals surface area contributed by atoms with Crippen molar-refractivity contribution < 1.29 is 0 Å². The predicted molar refractivity (Wildman–Crippen MR) is 127 cm³/mol. The Kier molecular flexibility index (Phi) is 5.03. The largest absolute Gasteiger partial charge is 0.351 e. The van der Waals surface area contributed by atoms with E-state index in [0.717, 1.165) is 34.4 Å². The molecule has 3 aromatic rings. The van der Waals surface area contributed by atoms with E-state index in [9.17, 15) is 0 Å². The molecule has 0 amide bonds. The van der Waals surface area contributed by atoms with Crippen molar-refractivity contribution in [2.75, 3.05) is 5.32 Å². The molecule has 0 aromatic carbocycles. The van der Waals surface area contributed by atoms with Crippen molar-refractivity contribution in [1.29, 1.82) is 0 Å². The summed E-state index contributed by atoms with van der Waals surface area (Å²) in [6, 6.07) is 2.74. The van der Waals surface area contributed by atoms with Crippen LogP contribution in [0.15, 0.2) is 29.6 Å². The summed E-state index contributed by atoms with van der Waals surface area (Å²) in [7, 11) is 0. The van der Waals surface area contributed by atoms with Crippen LogP contribution in [0.5, 0.6) is 0 Å². The number of anilines is 1. The number of fused-ring (bicyclic) bond motifs is 2. The van der Waals surface area contributed by atoms with Crippen molar-refractivity contribution in [3.8, 4) is 11.1 Å². The van der Waals surface area contributed by atoms with Gasteiger partial charge in [-0.05, 0) is 43.7 Å². The minimum absolute atomic E-state index is 0.0658. The van der Waals surface area contributed by atoms with E-state index in [1.807, 2.05) is 18.6 Å². The molecule has 162 valence electrons. The van der Waals surface area contributed by atoms with Crippen LogP contribution in [0.25, 0.3) is 22.2 Å². The van der Waals surface area contributed by atoms with Gasteiger partial charge in [-0.1, -0.05) is 40.0 Å². The highest BCUT2D eigenvalue weighted by molar-refractivity contribution is 5.95. The molecule has 0 spiro atoms. The Morgan fingerprint density at radius 3 is 2.71 bits per heavy atom. The number of aromatic amines is 1. The monoisotopic (exact) mass is 416 g/mol. The van der Waals surface area contributed by atoms with E-state index in [1.54, 1.807) is 0 Å². The Balaban J connectivity index is 1.45. The van der Waals surface area contributed by atoms with Gasteiger partial charge in [0.2, 0.25) is 5.95 Å². The van der Waals surface area contributed by atoms with Gasteiger partial charge in [-0.15, -0.1) is 0 Å². The van der Waals surface area contributed by atoms with Crippen LogP contribution >= 0.6 is 0 Å². The third-order valence-corrected chi connectivity index (χ3v) is 7.56. The lowest BCUT2D eigenvalue weighted by Crippen LogP contribution is -2.36. The van der Waals surface area contributed by atoms with Gasteiger partial charge in [-0.25, -0.2) is 15.0 Å². The minimum atomic E-state index is 0.0658. The van der Waals surface area contributed by atoms with Crippen LogP contribution in [-0.4, -0.2) is 31.7 Å². The molecule has 1 fully saturated rings. The highest BCUT2D eigenvalue weighted by Crippen LogP contribution is 2.41. The molecular formula is C25H32N6. The van der Waals surface area contributed by atoms with Crippen LogP contribution < -0.4 is 5.32 Å². The smallest absolute Gasteiger partial charge is 0.224 e. The summed E-state index contributed by atoms with van der Waals surface area (Å²) < 4.78 is 0. The van der Waals surface area contributed by atoms with Gasteiger partial charge in [-0.2, -0.15) is 4.98 Å². The van der Waals surface area contributed by atoms with Gasteiger partial charge in [0.05, 0.1) is 0 Å². The van der Waals surface area contributed by atoms with Gasteiger partial charge in [0, 0.05) is 52.3 Å². The Morgan fingerprint density at radius 1 is 1.13 bits per heavy atom. The number of rotatable bonds is 4. The molecule has 4 heterocycles. The van der Waals surface area contributed by atoms with Gasteiger partial charge in [0.25, 0.3) is 0 Å². The lowest BCUT2D eigenvalue weighted by molar-refractivity contribution is 0.321. The van der Waals surface area contributed by atoms with E-state index in [0.29, 0.717) is 17.9 Å². The molecule has 0 saturated heterocycles. The maximum atomic E-state index is 4.84. The average molecular weight is 417 g/mol. The van der Waals surface area contributed by atoms with Crippen molar-refractivity contribution >= 4 is 28.5 Å². The van der Waals surface area contributed by atoms with E-state index < -0.39 is 0 Å². The number of hydrogen-bond acceptors (Lipinski definition) is 5. The highest BCUT2D eigenvalue weighted by atomic mass is 15.1. The predicted octanol–water partition coefficient (Wildman–Crippen LogP) is 6.08. The van der Waals surface area contributed by atoms with E-state index in [4.69, 9.17) is 15.0 Å². The fraction of sp³-hybridized carbons (Fsp3) is 0.520. The normalized spacial score (nSPS) is 21.9. The van der Waals surface area contributed by atoms with Crippen LogP contribution in [0, 0.1) is 11.3 Å². The average Bonchev–Trinajstić information content (AvgIpc) is 3.18. The molecule has 0 unspecified atom stereocenters. The minimum Gasteiger partial charge on any atom is -0.351 e. The molecule has 31 heavy (non-hydrogen) atoms. The van der Waals surface area contributed by atoms with Crippen LogP contribution in [0.4, 0.5) is 11.8 Å². The SMILES string of the molecule is CC1=Nc2ncc(-c3c[nH]c4nc(NC5CCCCC5)ncc34)cc2C[C@@]1(C)C(C)C. The van der Waals surface area contributed by atoms with E-state index in [2.05, 4.69) is 49.0 Å². The summed E-state index contributed by atoms with van der Waals surface area (Å²) >= 11 is 0. The first-order chi connectivity index (χ1) is 14.9. The molecule has 0 bridgehead atoms. The van der Waals surface area contributed by atoms with E-state index in [1.165, 1.54) is 43.4 Å². The molecule has 5 rings (SSSR count). The Labute approximate surface area is 184 Å². The molecular weight excluding hydrogens is 384 g/mol. The first-order valence-corrected chi connectivity index (χ1v) is 11.6. The maximum absolute atomic E-state index is 4.84. The zero-order valence-electron chi connectivity index (χ0n) is 19.0. The second-order valence-electron chi connectivity index (χ2n) is 9.79. The summed E-state index contributed by atoms with van der Waals surface area (Å²) in [4.78, 5) is 22.2. The first-order valence-electron chi connectivity index (χ1n) is 11.6. The van der Waals surface area contributed by atoms with Gasteiger partial charge in [-0.3, -0.25) is 0 Å². The van der Waals surface area contributed by atoms with Crippen LogP contribution in [0.1, 0.15) is 65.4 Å². The van der Waals surface area contributed by atoms with Gasteiger partial charge in [0.1, 0.15) is 5.65 Å². The summed E-state index contributed by atoms with van der Waals surface area (Å²) in [5.41, 5.74) is 5.49. The van der Waals surface area contributed by atoms with Crippen LogP contribution in [-0.2, 0) is 6.42 Å². The fourth-order valence-electron chi connectivity index (χ4n) is 4.96. The quantitative estimate of drug-likeness (QED) is 0.540. The molecule has 1 atom stereocenters. The number of nitrogens with zero attached hydrogens (tertiary/aromatic N) is 4.